The van der Waals surface area contributed by atoms with Crippen molar-refractivity contribution in [1.29, 1.82) is 0 Å². The average Bonchev–Trinajstić information content (AvgIpc) is 2.44. The molecule has 4 heteroatoms. The highest BCUT2D eigenvalue weighted by atomic mass is 35.5. The molecule has 0 aliphatic carbocycles. The standard InChI is InChI=1S/C11H10ClNO2/c1-7-10(14)6-11(15)13(7)9-4-2-8(12)3-5-9/h2-5,7H,6H2,1H3. The number of amides is 1. The van der Waals surface area contributed by atoms with E-state index in [1.807, 2.05) is 0 Å². The first-order valence-corrected chi connectivity index (χ1v) is 5.08. The maximum Gasteiger partial charge on any atom is 0.235 e. The van der Waals surface area contributed by atoms with Crippen LogP contribution in [0, 0.1) is 0 Å². The lowest BCUT2D eigenvalue weighted by Gasteiger charge is -2.20. The zero-order valence-electron chi connectivity index (χ0n) is 8.24. The average molecular weight is 224 g/mol. The van der Waals surface area contributed by atoms with Crippen molar-refractivity contribution in [1.82, 2.24) is 0 Å². The van der Waals surface area contributed by atoms with Crippen molar-refractivity contribution in [3.63, 3.8) is 0 Å². The molecule has 1 aromatic carbocycles. The third-order valence-electron chi connectivity index (χ3n) is 2.55. The summed E-state index contributed by atoms with van der Waals surface area (Å²) in [5.74, 6) is -0.176. The van der Waals surface area contributed by atoms with E-state index in [0.717, 1.165) is 5.69 Å². The molecule has 1 saturated heterocycles. The fraction of sp³-hybridized carbons (Fsp3) is 0.273. The number of carbonyl (C=O) groups is 2. The third-order valence-corrected chi connectivity index (χ3v) is 2.80. The zero-order chi connectivity index (χ0) is 11.0. The number of rotatable bonds is 1. The second-order valence-corrected chi connectivity index (χ2v) is 4.00. The van der Waals surface area contributed by atoms with Crippen molar-refractivity contribution in [3.05, 3.63) is 29.3 Å². The molecule has 2 rings (SSSR count). The zero-order valence-corrected chi connectivity index (χ0v) is 8.99. The first-order chi connectivity index (χ1) is 7.09. The highest BCUT2D eigenvalue weighted by Gasteiger charge is 2.35. The van der Waals surface area contributed by atoms with Gasteiger partial charge >= 0.3 is 0 Å². The maximum absolute atomic E-state index is 11.6. The normalized spacial score (nSPS) is 21.2. The van der Waals surface area contributed by atoms with Crippen molar-refractivity contribution >= 4 is 29.0 Å². The van der Waals surface area contributed by atoms with Crippen LogP contribution in [0.1, 0.15) is 13.3 Å². The third kappa shape index (κ3) is 1.75. The van der Waals surface area contributed by atoms with Gasteiger partial charge in [0, 0.05) is 10.7 Å². The maximum atomic E-state index is 11.6. The molecular formula is C11H10ClNO2. The van der Waals surface area contributed by atoms with E-state index in [4.69, 9.17) is 11.6 Å². The molecule has 0 aromatic heterocycles. The van der Waals surface area contributed by atoms with Crippen LogP contribution in [0.15, 0.2) is 24.3 Å². The lowest BCUT2D eigenvalue weighted by molar-refractivity contribution is -0.121. The predicted molar refractivity (Wildman–Crippen MR) is 58.0 cm³/mol. The molecule has 15 heavy (non-hydrogen) atoms. The Labute approximate surface area is 92.6 Å². The summed E-state index contributed by atoms with van der Waals surface area (Å²) in [6.45, 7) is 1.74. The summed E-state index contributed by atoms with van der Waals surface area (Å²) in [6.07, 6.45) is 0.00376. The Hall–Kier alpha value is -1.35. The minimum atomic E-state index is -0.362. The van der Waals surface area contributed by atoms with Gasteiger partial charge in [-0.3, -0.25) is 9.59 Å². The summed E-state index contributed by atoms with van der Waals surface area (Å²) in [5, 5.41) is 0.615. The van der Waals surface area contributed by atoms with Gasteiger partial charge in [-0.1, -0.05) is 11.6 Å². The quantitative estimate of drug-likeness (QED) is 0.684. The van der Waals surface area contributed by atoms with Crippen LogP contribution in [0.25, 0.3) is 0 Å². The van der Waals surface area contributed by atoms with E-state index >= 15 is 0 Å². The Morgan fingerprint density at radius 1 is 1.27 bits per heavy atom. The van der Waals surface area contributed by atoms with Crippen LogP contribution in [0.2, 0.25) is 5.02 Å². The molecule has 1 fully saturated rings. The van der Waals surface area contributed by atoms with Crippen LogP contribution in [0.4, 0.5) is 5.69 Å². The highest BCUT2D eigenvalue weighted by Crippen LogP contribution is 2.25. The molecule has 1 unspecified atom stereocenters. The molecule has 1 aliphatic rings. The number of hydrogen-bond acceptors (Lipinski definition) is 2. The first kappa shape index (κ1) is 10.2. The first-order valence-electron chi connectivity index (χ1n) is 4.70. The Morgan fingerprint density at radius 3 is 2.33 bits per heavy atom. The van der Waals surface area contributed by atoms with Crippen molar-refractivity contribution in [2.24, 2.45) is 0 Å². The monoisotopic (exact) mass is 223 g/mol. The van der Waals surface area contributed by atoms with E-state index in [2.05, 4.69) is 0 Å². The molecule has 0 bridgehead atoms. The molecule has 3 nitrogen and oxygen atoms in total. The molecule has 0 spiro atoms. The molecule has 1 aliphatic heterocycles. The minimum absolute atomic E-state index is 0.00376. The van der Waals surface area contributed by atoms with Gasteiger partial charge in [0.1, 0.15) is 0 Å². The van der Waals surface area contributed by atoms with Crippen LogP contribution >= 0.6 is 11.6 Å². The van der Waals surface area contributed by atoms with Crippen molar-refractivity contribution in [3.8, 4) is 0 Å². The summed E-state index contributed by atoms with van der Waals surface area (Å²) >= 11 is 5.75. The van der Waals surface area contributed by atoms with Crippen molar-refractivity contribution in [2.45, 2.75) is 19.4 Å². The molecule has 1 atom stereocenters. The topological polar surface area (TPSA) is 37.4 Å². The smallest absolute Gasteiger partial charge is 0.235 e. The fourth-order valence-corrected chi connectivity index (χ4v) is 1.84. The van der Waals surface area contributed by atoms with Crippen molar-refractivity contribution < 1.29 is 9.59 Å². The Kier molecular flexibility index (Phi) is 2.49. The second-order valence-electron chi connectivity index (χ2n) is 3.56. The summed E-state index contributed by atoms with van der Waals surface area (Å²) < 4.78 is 0. The summed E-state index contributed by atoms with van der Waals surface area (Å²) in [5.41, 5.74) is 0.725. The lowest BCUT2D eigenvalue weighted by atomic mass is 10.2. The Morgan fingerprint density at radius 2 is 1.87 bits per heavy atom. The largest absolute Gasteiger partial charge is 0.302 e. The minimum Gasteiger partial charge on any atom is -0.302 e. The van der Waals surface area contributed by atoms with E-state index in [1.165, 1.54) is 4.90 Å². The molecule has 0 saturated carbocycles. The van der Waals surface area contributed by atoms with E-state index in [0.29, 0.717) is 5.02 Å². The Balaban J connectivity index is 2.34. The van der Waals surface area contributed by atoms with E-state index < -0.39 is 0 Å². The Bertz CT molecular complexity index is 413. The van der Waals surface area contributed by atoms with Gasteiger partial charge in [0.2, 0.25) is 5.91 Å². The number of ketones is 1. The number of carbonyl (C=O) groups excluding carboxylic acids is 2. The number of nitrogens with zero attached hydrogens (tertiary/aromatic N) is 1. The highest BCUT2D eigenvalue weighted by molar-refractivity contribution is 6.30. The number of hydrogen-bond donors (Lipinski definition) is 0. The lowest BCUT2D eigenvalue weighted by Crippen LogP contribution is -2.32. The van der Waals surface area contributed by atoms with Crippen LogP contribution in [-0.2, 0) is 9.59 Å². The summed E-state index contributed by atoms with van der Waals surface area (Å²) in [6, 6.07) is 6.54. The van der Waals surface area contributed by atoms with Gasteiger partial charge in [-0.15, -0.1) is 0 Å². The molecule has 1 aromatic rings. The van der Waals surface area contributed by atoms with Crippen molar-refractivity contribution in [2.75, 3.05) is 4.90 Å². The van der Waals surface area contributed by atoms with Gasteiger partial charge in [-0.2, -0.15) is 0 Å². The van der Waals surface area contributed by atoms with E-state index in [-0.39, 0.29) is 24.2 Å². The van der Waals surface area contributed by atoms with Crippen LogP contribution in [0.3, 0.4) is 0 Å². The SMILES string of the molecule is CC1C(=O)CC(=O)N1c1ccc(Cl)cc1. The van der Waals surface area contributed by atoms with Crippen LogP contribution in [-0.4, -0.2) is 17.7 Å². The van der Waals surface area contributed by atoms with Gasteiger partial charge in [0.25, 0.3) is 0 Å². The van der Waals surface area contributed by atoms with E-state index in [1.54, 1.807) is 31.2 Å². The van der Waals surface area contributed by atoms with Gasteiger partial charge in [-0.05, 0) is 31.2 Å². The van der Waals surface area contributed by atoms with Gasteiger partial charge in [0.05, 0.1) is 12.5 Å². The number of benzene rings is 1. The molecule has 78 valence electrons. The number of anilines is 1. The van der Waals surface area contributed by atoms with Gasteiger partial charge in [-0.25, -0.2) is 0 Å². The second kappa shape index (κ2) is 3.66. The molecule has 0 radical (unpaired) electrons. The van der Waals surface area contributed by atoms with Crippen LogP contribution < -0.4 is 4.90 Å². The van der Waals surface area contributed by atoms with E-state index in [9.17, 15) is 9.59 Å². The molecule has 0 N–H and O–H groups in total. The molecule has 1 heterocycles. The molecule has 1 amide bonds. The number of halogens is 1. The van der Waals surface area contributed by atoms with Crippen LogP contribution in [0.5, 0.6) is 0 Å². The summed E-state index contributed by atoms with van der Waals surface area (Å²) in [7, 11) is 0. The predicted octanol–water partition coefficient (Wildman–Crippen LogP) is 2.03. The van der Waals surface area contributed by atoms with Gasteiger partial charge in [0.15, 0.2) is 5.78 Å². The fourth-order valence-electron chi connectivity index (χ4n) is 1.71. The van der Waals surface area contributed by atoms with Gasteiger partial charge < -0.3 is 4.90 Å². The molecular weight excluding hydrogens is 214 g/mol. The number of Topliss-reactive ketones (excluding diaryl/α,β-unsaturated/α-hetero) is 1. The summed E-state index contributed by atoms with van der Waals surface area (Å²) in [4.78, 5) is 24.4.